The van der Waals surface area contributed by atoms with E-state index in [0.29, 0.717) is 18.0 Å². The Kier molecular flexibility index (Phi) is 4.98. The maximum Gasteiger partial charge on any atom is 0.126 e. The highest BCUT2D eigenvalue weighted by Gasteiger charge is 2.32. The molecular formula is C17H26FN. The monoisotopic (exact) mass is 263 g/mol. The Morgan fingerprint density at radius 2 is 1.84 bits per heavy atom. The molecule has 1 atom stereocenters. The van der Waals surface area contributed by atoms with Gasteiger partial charge in [0.05, 0.1) is 0 Å². The molecule has 106 valence electrons. The first-order chi connectivity index (χ1) is 9.06. The number of halogens is 1. The van der Waals surface area contributed by atoms with Gasteiger partial charge in [-0.15, -0.1) is 0 Å². The molecule has 0 aliphatic heterocycles. The summed E-state index contributed by atoms with van der Waals surface area (Å²) in [6, 6.07) is 8.35. The fraction of sp³-hybridized carbons (Fsp3) is 0.647. The summed E-state index contributed by atoms with van der Waals surface area (Å²) >= 11 is 0. The Hall–Kier alpha value is -0.890. The molecule has 1 fully saturated rings. The van der Waals surface area contributed by atoms with Gasteiger partial charge in [-0.05, 0) is 56.1 Å². The average Bonchev–Trinajstić information content (AvgIpc) is 2.32. The van der Waals surface area contributed by atoms with Crippen LogP contribution in [0.2, 0.25) is 0 Å². The molecule has 19 heavy (non-hydrogen) atoms. The molecule has 1 nitrogen and oxygen atoms in total. The van der Waals surface area contributed by atoms with Crippen LogP contribution in [0.1, 0.15) is 57.9 Å². The van der Waals surface area contributed by atoms with Gasteiger partial charge >= 0.3 is 0 Å². The van der Waals surface area contributed by atoms with Crippen molar-refractivity contribution >= 4 is 0 Å². The van der Waals surface area contributed by atoms with Crippen LogP contribution in [0.3, 0.4) is 0 Å². The smallest absolute Gasteiger partial charge is 0.126 e. The van der Waals surface area contributed by atoms with E-state index in [-0.39, 0.29) is 5.82 Å². The highest BCUT2D eigenvalue weighted by Crippen LogP contribution is 2.38. The Morgan fingerprint density at radius 1 is 1.16 bits per heavy atom. The standard InChI is InChI=1S/C17H26FN/c1-12(2)8-9-13(3)19-15-10-14(11-15)16-6-4-5-7-17(16)18/h4-7,12-15,19H,8-11H2,1-3H3. The number of hydrogen-bond acceptors (Lipinski definition) is 1. The Morgan fingerprint density at radius 3 is 2.47 bits per heavy atom. The lowest BCUT2D eigenvalue weighted by Gasteiger charge is -2.38. The highest BCUT2D eigenvalue weighted by molar-refractivity contribution is 5.24. The topological polar surface area (TPSA) is 12.0 Å². The van der Waals surface area contributed by atoms with E-state index >= 15 is 0 Å². The van der Waals surface area contributed by atoms with Gasteiger partial charge in [0.2, 0.25) is 0 Å². The predicted octanol–water partition coefficient (Wildman–Crippen LogP) is 4.49. The van der Waals surface area contributed by atoms with Gasteiger partial charge in [0.15, 0.2) is 0 Å². The SMILES string of the molecule is CC(C)CCC(C)NC1CC(c2ccccc2F)C1. The normalized spacial score (nSPS) is 24.3. The maximum absolute atomic E-state index is 13.6. The first-order valence-corrected chi connectivity index (χ1v) is 7.56. The Bertz CT molecular complexity index is 396. The third-order valence-electron chi connectivity index (χ3n) is 4.18. The van der Waals surface area contributed by atoms with Crippen LogP contribution in [0.5, 0.6) is 0 Å². The minimum atomic E-state index is -0.0428. The highest BCUT2D eigenvalue weighted by atomic mass is 19.1. The van der Waals surface area contributed by atoms with Crippen LogP contribution in [0, 0.1) is 11.7 Å². The zero-order chi connectivity index (χ0) is 13.8. The van der Waals surface area contributed by atoms with Gasteiger partial charge in [0, 0.05) is 12.1 Å². The van der Waals surface area contributed by atoms with Crippen LogP contribution < -0.4 is 5.32 Å². The summed E-state index contributed by atoms with van der Waals surface area (Å²) in [6.07, 6.45) is 4.66. The largest absolute Gasteiger partial charge is 0.311 e. The average molecular weight is 263 g/mol. The molecule has 2 heteroatoms. The van der Waals surface area contributed by atoms with E-state index in [1.165, 1.54) is 12.8 Å². The molecule has 0 bridgehead atoms. The molecule has 0 heterocycles. The van der Waals surface area contributed by atoms with E-state index in [1.807, 2.05) is 12.1 Å². The molecule has 0 aromatic heterocycles. The first-order valence-electron chi connectivity index (χ1n) is 7.56. The number of benzene rings is 1. The van der Waals surface area contributed by atoms with E-state index in [2.05, 4.69) is 26.1 Å². The van der Waals surface area contributed by atoms with Crippen LogP contribution in [0.25, 0.3) is 0 Å². The van der Waals surface area contributed by atoms with Gasteiger partial charge in [0.25, 0.3) is 0 Å². The second kappa shape index (κ2) is 6.51. The van der Waals surface area contributed by atoms with Crippen molar-refractivity contribution in [3.8, 4) is 0 Å². The number of nitrogens with one attached hydrogen (secondary N) is 1. The summed E-state index contributed by atoms with van der Waals surface area (Å²) in [5.41, 5.74) is 0.899. The molecule has 0 radical (unpaired) electrons. The van der Waals surface area contributed by atoms with Crippen molar-refractivity contribution < 1.29 is 4.39 Å². The summed E-state index contributed by atoms with van der Waals surface area (Å²) < 4.78 is 13.6. The summed E-state index contributed by atoms with van der Waals surface area (Å²) in [7, 11) is 0. The Labute approximate surface area is 116 Å². The molecule has 2 rings (SSSR count). The third-order valence-corrected chi connectivity index (χ3v) is 4.18. The molecule has 1 aliphatic rings. The molecule has 0 saturated heterocycles. The van der Waals surface area contributed by atoms with Crippen molar-refractivity contribution in [2.24, 2.45) is 5.92 Å². The van der Waals surface area contributed by atoms with Gasteiger partial charge in [0.1, 0.15) is 5.82 Å². The van der Waals surface area contributed by atoms with Crippen LogP contribution in [-0.2, 0) is 0 Å². The first kappa shape index (κ1) is 14.5. The lowest BCUT2D eigenvalue weighted by molar-refractivity contribution is 0.257. The van der Waals surface area contributed by atoms with Gasteiger partial charge in [-0.1, -0.05) is 32.0 Å². The molecule has 1 aromatic carbocycles. The molecule has 1 saturated carbocycles. The predicted molar refractivity (Wildman–Crippen MR) is 78.8 cm³/mol. The summed E-state index contributed by atoms with van der Waals surface area (Å²) in [5, 5.41) is 3.67. The van der Waals surface area contributed by atoms with Crippen LogP contribution in [0.15, 0.2) is 24.3 Å². The van der Waals surface area contributed by atoms with E-state index < -0.39 is 0 Å². The molecule has 1 N–H and O–H groups in total. The second-order valence-electron chi connectivity index (χ2n) is 6.43. The quantitative estimate of drug-likeness (QED) is 0.797. The van der Waals surface area contributed by atoms with E-state index in [1.54, 1.807) is 12.1 Å². The van der Waals surface area contributed by atoms with Crippen molar-refractivity contribution in [3.63, 3.8) is 0 Å². The van der Waals surface area contributed by atoms with Crippen molar-refractivity contribution in [1.29, 1.82) is 0 Å². The van der Waals surface area contributed by atoms with Crippen LogP contribution >= 0.6 is 0 Å². The molecular weight excluding hydrogens is 237 g/mol. The lowest BCUT2D eigenvalue weighted by atomic mass is 9.75. The molecule has 1 aromatic rings. The van der Waals surface area contributed by atoms with Crippen molar-refractivity contribution in [2.45, 2.75) is 64.5 Å². The molecule has 1 unspecified atom stereocenters. The van der Waals surface area contributed by atoms with Gasteiger partial charge in [-0.2, -0.15) is 0 Å². The lowest BCUT2D eigenvalue weighted by Crippen LogP contribution is -2.44. The Balaban J connectivity index is 1.73. The second-order valence-corrected chi connectivity index (χ2v) is 6.43. The maximum atomic E-state index is 13.6. The molecule has 0 spiro atoms. The van der Waals surface area contributed by atoms with Crippen LogP contribution in [-0.4, -0.2) is 12.1 Å². The zero-order valence-electron chi connectivity index (χ0n) is 12.3. The number of rotatable bonds is 6. The van der Waals surface area contributed by atoms with Crippen molar-refractivity contribution in [3.05, 3.63) is 35.6 Å². The van der Waals surface area contributed by atoms with E-state index in [4.69, 9.17) is 0 Å². The van der Waals surface area contributed by atoms with Gasteiger partial charge in [-0.3, -0.25) is 0 Å². The summed E-state index contributed by atoms with van der Waals surface area (Å²) in [4.78, 5) is 0. The van der Waals surface area contributed by atoms with E-state index in [9.17, 15) is 4.39 Å². The van der Waals surface area contributed by atoms with Crippen molar-refractivity contribution in [2.75, 3.05) is 0 Å². The van der Waals surface area contributed by atoms with Gasteiger partial charge in [-0.25, -0.2) is 4.39 Å². The minimum absolute atomic E-state index is 0.0428. The zero-order valence-corrected chi connectivity index (χ0v) is 12.3. The third kappa shape index (κ3) is 4.04. The fourth-order valence-corrected chi connectivity index (χ4v) is 2.88. The minimum Gasteiger partial charge on any atom is -0.311 e. The molecule has 0 amide bonds. The molecule has 1 aliphatic carbocycles. The fourth-order valence-electron chi connectivity index (χ4n) is 2.88. The summed E-state index contributed by atoms with van der Waals surface area (Å²) in [5.74, 6) is 1.15. The van der Waals surface area contributed by atoms with Crippen LogP contribution in [0.4, 0.5) is 4.39 Å². The number of hydrogen-bond donors (Lipinski definition) is 1. The summed E-state index contributed by atoms with van der Waals surface area (Å²) in [6.45, 7) is 6.80. The van der Waals surface area contributed by atoms with Gasteiger partial charge < -0.3 is 5.32 Å². The van der Waals surface area contributed by atoms with Crippen molar-refractivity contribution in [1.82, 2.24) is 5.32 Å². The van der Waals surface area contributed by atoms with E-state index in [0.717, 1.165) is 24.3 Å².